The number of rotatable bonds is 5. The van der Waals surface area contributed by atoms with Gasteiger partial charge in [-0.1, -0.05) is 30.3 Å². The lowest BCUT2D eigenvalue weighted by Crippen LogP contribution is -2.59. The predicted molar refractivity (Wildman–Crippen MR) is 126 cm³/mol. The lowest BCUT2D eigenvalue weighted by atomic mass is 9.88. The molecule has 1 spiro atoms. The highest BCUT2D eigenvalue weighted by Gasteiger charge is 2.42. The number of anilines is 2. The van der Waals surface area contributed by atoms with E-state index in [1.165, 1.54) is 12.1 Å². The average Bonchev–Trinajstić information content (AvgIpc) is 2.87. The van der Waals surface area contributed by atoms with Gasteiger partial charge in [0.25, 0.3) is 5.91 Å². The number of benzene rings is 3. The molecule has 5 nitrogen and oxygen atoms in total. The van der Waals surface area contributed by atoms with E-state index >= 15 is 0 Å². The average molecular weight is 447 g/mol. The van der Waals surface area contributed by atoms with Crippen LogP contribution in [0.15, 0.2) is 78.9 Å². The molecule has 0 N–H and O–H groups in total. The van der Waals surface area contributed by atoms with Gasteiger partial charge in [0.2, 0.25) is 0 Å². The van der Waals surface area contributed by atoms with Crippen LogP contribution in [0.1, 0.15) is 18.4 Å². The lowest BCUT2D eigenvalue weighted by Gasteiger charge is -2.47. The topological polar surface area (TPSA) is 42.0 Å². The molecule has 2 fully saturated rings. The Labute approximate surface area is 193 Å². The zero-order valence-electron chi connectivity index (χ0n) is 18.5. The molecular formula is C27H27FN2O3. The number of carbonyl (C=O) groups is 1. The number of ether oxygens (including phenoxy) is 2. The van der Waals surface area contributed by atoms with Crippen LogP contribution in [0, 0.1) is 5.82 Å². The Morgan fingerprint density at radius 2 is 1.55 bits per heavy atom. The van der Waals surface area contributed by atoms with Crippen molar-refractivity contribution in [2.75, 3.05) is 36.0 Å². The van der Waals surface area contributed by atoms with Crippen molar-refractivity contribution >= 4 is 17.3 Å². The first-order chi connectivity index (χ1) is 16.1. The van der Waals surface area contributed by atoms with Gasteiger partial charge >= 0.3 is 0 Å². The summed E-state index contributed by atoms with van der Waals surface area (Å²) < 4.78 is 25.3. The van der Waals surface area contributed by atoms with Gasteiger partial charge in [-0.25, -0.2) is 4.39 Å². The molecule has 2 saturated heterocycles. The monoisotopic (exact) mass is 446 g/mol. The summed E-state index contributed by atoms with van der Waals surface area (Å²) in [7, 11) is 0. The zero-order valence-corrected chi connectivity index (χ0v) is 18.5. The Kier molecular flexibility index (Phi) is 6.01. The van der Waals surface area contributed by atoms with Crippen molar-refractivity contribution in [1.29, 1.82) is 0 Å². The van der Waals surface area contributed by atoms with Gasteiger partial charge in [0.15, 0.2) is 0 Å². The van der Waals surface area contributed by atoms with E-state index in [2.05, 4.69) is 29.2 Å². The molecule has 2 heterocycles. The molecule has 0 saturated carbocycles. The van der Waals surface area contributed by atoms with E-state index in [0.717, 1.165) is 48.6 Å². The number of hydrogen-bond acceptors (Lipinski definition) is 4. The van der Waals surface area contributed by atoms with Crippen LogP contribution in [0.2, 0.25) is 0 Å². The molecule has 0 unspecified atom stereocenters. The van der Waals surface area contributed by atoms with Gasteiger partial charge < -0.3 is 19.3 Å². The molecule has 1 amide bonds. The molecule has 2 aliphatic heterocycles. The van der Waals surface area contributed by atoms with E-state index in [-0.39, 0.29) is 23.9 Å². The van der Waals surface area contributed by atoms with Crippen LogP contribution in [-0.4, -0.2) is 37.7 Å². The molecule has 0 radical (unpaired) electrons. The molecule has 5 rings (SSSR count). The molecule has 33 heavy (non-hydrogen) atoms. The number of morpholine rings is 1. The smallest absolute Gasteiger partial charge is 0.253 e. The highest BCUT2D eigenvalue weighted by Crippen LogP contribution is 2.34. The SMILES string of the molecule is O=C1COC2(CCN(c3ccc(OCc4ccccc4)cc3)CC2)CN1c1ccc(F)cc1. The maximum atomic E-state index is 13.3. The van der Waals surface area contributed by atoms with Gasteiger partial charge in [0, 0.05) is 24.5 Å². The fourth-order valence-corrected chi connectivity index (χ4v) is 4.54. The summed E-state index contributed by atoms with van der Waals surface area (Å²) in [5, 5.41) is 0. The maximum absolute atomic E-state index is 13.3. The van der Waals surface area contributed by atoms with Crippen molar-refractivity contribution in [2.45, 2.75) is 25.0 Å². The Morgan fingerprint density at radius 3 is 2.24 bits per heavy atom. The minimum absolute atomic E-state index is 0.0603. The van der Waals surface area contributed by atoms with E-state index in [9.17, 15) is 9.18 Å². The standard InChI is InChI=1S/C27H27FN2O3/c28-22-6-8-24(9-7-22)30-20-27(33-19-26(30)31)14-16-29(17-15-27)23-10-12-25(13-11-23)32-18-21-4-2-1-3-5-21/h1-13H,14-20H2. The van der Waals surface area contributed by atoms with Gasteiger partial charge in [0.1, 0.15) is 24.8 Å². The number of carbonyl (C=O) groups excluding carboxylic acids is 1. The first-order valence-electron chi connectivity index (χ1n) is 11.3. The van der Waals surface area contributed by atoms with Crippen LogP contribution in [-0.2, 0) is 16.1 Å². The first kappa shape index (κ1) is 21.5. The van der Waals surface area contributed by atoms with Crippen molar-refractivity contribution in [3.8, 4) is 5.75 Å². The van der Waals surface area contributed by atoms with Crippen molar-refractivity contribution in [1.82, 2.24) is 0 Å². The summed E-state index contributed by atoms with van der Waals surface area (Å²) in [5.74, 6) is 0.458. The second kappa shape index (κ2) is 9.24. The molecule has 6 heteroatoms. The largest absolute Gasteiger partial charge is 0.489 e. The summed E-state index contributed by atoms with van der Waals surface area (Å²) in [6.45, 7) is 2.79. The molecular weight excluding hydrogens is 419 g/mol. The Hall–Kier alpha value is -3.38. The molecule has 0 bridgehead atoms. The fraction of sp³-hybridized carbons (Fsp3) is 0.296. The van der Waals surface area contributed by atoms with Crippen LogP contribution in [0.25, 0.3) is 0 Å². The lowest BCUT2D eigenvalue weighted by molar-refractivity contribution is -0.141. The second-order valence-electron chi connectivity index (χ2n) is 8.68. The molecule has 0 atom stereocenters. The van der Waals surface area contributed by atoms with Crippen molar-refractivity contribution < 1.29 is 18.7 Å². The maximum Gasteiger partial charge on any atom is 0.253 e. The Bertz CT molecular complexity index is 1080. The number of piperidine rings is 1. The van der Waals surface area contributed by atoms with Crippen LogP contribution in [0.4, 0.5) is 15.8 Å². The normalized spacial score (nSPS) is 17.9. The van der Waals surface area contributed by atoms with E-state index in [4.69, 9.17) is 9.47 Å². The van der Waals surface area contributed by atoms with E-state index in [1.807, 2.05) is 30.3 Å². The molecule has 170 valence electrons. The van der Waals surface area contributed by atoms with Gasteiger partial charge in [-0.15, -0.1) is 0 Å². The Morgan fingerprint density at radius 1 is 0.879 bits per heavy atom. The van der Waals surface area contributed by atoms with Crippen molar-refractivity contribution in [2.24, 2.45) is 0 Å². The quantitative estimate of drug-likeness (QED) is 0.564. The second-order valence-corrected chi connectivity index (χ2v) is 8.68. The highest BCUT2D eigenvalue weighted by molar-refractivity contribution is 5.95. The van der Waals surface area contributed by atoms with Crippen molar-refractivity contribution in [3.63, 3.8) is 0 Å². The third-order valence-electron chi connectivity index (χ3n) is 6.51. The summed E-state index contributed by atoms with van der Waals surface area (Å²) in [6.07, 6.45) is 1.65. The van der Waals surface area contributed by atoms with E-state index in [1.54, 1.807) is 17.0 Å². The summed E-state index contributed by atoms with van der Waals surface area (Å²) in [5.41, 5.74) is 2.65. The third kappa shape index (κ3) is 4.86. The minimum atomic E-state index is -0.364. The number of amides is 1. The number of nitrogens with zero attached hydrogens (tertiary/aromatic N) is 2. The fourth-order valence-electron chi connectivity index (χ4n) is 4.54. The third-order valence-corrected chi connectivity index (χ3v) is 6.51. The van der Waals surface area contributed by atoms with Crippen molar-refractivity contribution in [3.05, 3.63) is 90.2 Å². The molecule has 3 aromatic carbocycles. The van der Waals surface area contributed by atoms with Crippen LogP contribution >= 0.6 is 0 Å². The van der Waals surface area contributed by atoms with Crippen LogP contribution in [0.5, 0.6) is 5.75 Å². The van der Waals surface area contributed by atoms with Gasteiger partial charge in [-0.3, -0.25) is 4.79 Å². The molecule has 3 aromatic rings. The van der Waals surface area contributed by atoms with E-state index in [0.29, 0.717) is 13.2 Å². The molecule has 2 aliphatic rings. The highest BCUT2D eigenvalue weighted by atomic mass is 19.1. The summed E-state index contributed by atoms with van der Waals surface area (Å²) in [4.78, 5) is 16.5. The number of hydrogen-bond donors (Lipinski definition) is 0. The number of halogens is 1. The minimum Gasteiger partial charge on any atom is -0.489 e. The van der Waals surface area contributed by atoms with Crippen LogP contribution in [0.3, 0.4) is 0 Å². The Balaban J connectivity index is 1.19. The van der Waals surface area contributed by atoms with Gasteiger partial charge in [-0.05, 0) is 66.9 Å². The first-order valence-corrected chi connectivity index (χ1v) is 11.3. The zero-order chi connectivity index (χ0) is 22.7. The summed E-state index contributed by atoms with van der Waals surface area (Å²) >= 11 is 0. The molecule has 0 aromatic heterocycles. The van der Waals surface area contributed by atoms with Gasteiger partial charge in [-0.2, -0.15) is 0 Å². The van der Waals surface area contributed by atoms with E-state index < -0.39 is 0 Å². The van der Waals surface area contributed by atoms with Gasteiger partial charge in [0.05, 0.1) is 12.1 Å². The predicted octanol–water partition coefficient (Wildman–Crippen LogP) is 4.81. The molecule has 0 aliphatic carbocycles. The van der Waals surface area contributed by atoms with Crippen LogP contribution < -0.4 is 14.5 Å². The summed E-state index contributed by atoms with van der Waals surface area (Å²) in [6, 6.07) is 24.4.